The molecule has 1 fully saturated rings. The molecule has 0 atom stereocenters. The van der Waals surface area contributed by atoms with Crippen molar-refractivity contribution in [3.8, 4) is 0 Å². The minimum absolute atomic E-state index is 0.218. The van der Waals surface area contributed by atoms with Gasteiger partial charge in [0.15, 0.2) is 5.11 Å². The van der Waals surface area contributed by atoms with Crippen LogP contribution in [0.2, 0.25) is 0 Å². The summed E-state index contributed by atoms with van der Waals surface area (Å²) >= 11 is 5.08. The smallest absolute Gasteiger partial charge is 0.409 e. The highest BCUT2D eigenvalue weighted by atomic mass is 32.1. The Morgan fingerprint density at radius 2 is 2.09 bits per heavy atom. The van der Waals surface area contributed by atoms with Crippen LogP contribution in [0.3, 0.4) is 0 Å². The number of para-hydroxylation sites is 1. The number of anilines is 1. The number of piperidine rings is 1. The number of halogens is 1. The molecule has 0 spiro atoms. The van der Waals surface area contributed by atoms with Crippen LogP contribution in [-0.2, 0) is 4.74 Å². The number of nitrogens with zero attached hydrogens (tertiary/aromatic N) is 2. The van der Waals surface area contributed by atoms with Gasteiger partial charge in [0.2, 0.25) is 0 Å². The van der Waals surface area contributed by atoms with Crippen molar-refractivity contribution in [1.82, 2.24) is 10.3 Å². The average Bonchev–Trinajstić information content (AvgIpc) is 2.56. The number of amides is 1. The SMILES string of the molecule is CCOC(=O)N1CCC(=NNC(=S)Nc2ccccc2F)CC1. The van der Waals surface area contributed by atoms with E-state index < -0.39 is 0 Å². The third kappa shape index (κ3) is 5.17. The summed E-state index contributed by atoms with van der Waals surface area (Å²) in [6, 6.07) is 6.26. The molecule has 0 radical (unpaired) electrons. The molecular weight excluding hydrogens is 319 g/mol. The van der Waals surface area contributed by atoms with Crippen LogP contribution in [-0.4, -0.2) is 41.5 Å². The number of rotatable bonds is 3. The number of likely N-dealkylation sites (tertiary alicyclic amines) is 1. The molecule has 0 aromatic heterocycles. The monoisotopic (exact) mass is 338 g/mol. The maximum Gasteiger partial charge on any atom is 0.409 e. The minimum Gasteiger partial charge on any atom is -0.450 e. The second-order valence-electron chi connectivity index (χ2n) is 4.91. The van der Waals surface area contributed by atoms with Crippen molar-refractivity contribution in [1.29, 1.82) is 0 Å². The average molecular weight is 338 g/mol. The first-order valence-electron chi connectivity index (χ1n) is 7.38. The Balaban J connectivity index is 1.79. The second kappa shape index (κ2) is 8.42. The molecule has 1 aliphatic rings. The Morgan fingerprint density at radius 3 is 2.74 bits per heavy atom. The van der Waals surface area contributed by atoms with Gasteiger partial charge in [-0.25, -0.2) is 9.18 Å². The predicted octanol–water partition coefficient (Wildman–Crippen LogP) is 2.72. The molecule has 23 heavy (non-hydrogen) atoms. The van der Waals surface area contributed by atoms with Gasteiger partial charge in [0, 0.05) is 31.6 Å². The number of carbonyl (C=O) groups is 1. The topological polar surface area (TPSA) is 66.0 Å². The van der Waals surface area contributed by atoms with Crippen LogP contribution in [0.5, 0.6) is 0 Å². The lowest BCUT2D eigenvalue weighted by atomic mass is 10.1. The first kappa shape index (κ1) is 17.1. The van der Waals surface area contributed by atoms with Crippen molar-refractivity contribution < 1.29 is 13.9 Å². The van der Waals surface area contributed by atoms with Gasteiger partial charge in [0.1, 0.15) is 5.82 Å². The van der Waals surface area contributed by atoms with Crippen molar-refractivity contribution in [3.63, 3.8) is 0 Å². The highest BCUT2D eigenvalue weighted by Crippen LogP contribution is 2.12. The van der Waals surface area contributed by atoms with E-state index in [1.807, 2.05) is 0 Å². The first-order chi connectivity index (χ1) is 11.1. The number of hydrogen-bond donors (Lipinski definition) is 2. The van der Waals surface area contributed by atoms with Crippen LogP contribution < -0.4 is 10.7 Å². The van der Waals surface area contributed by atoms with E-state index in [1.165, 1.54) is 6.07 Å². The number of nitrogens with one attached hydrogen (secondary N) is 2. The van der Waals surface area contributed by atoms with Gasteiger partial charge >= 0.3 is 6.09 Å². The van der Waals surface area contributed by atoms with E-state index in [-0.39, 0.29) is 17.0 Å². The van der Waals surface area contributed by atoms with Gasteiger partial charge in [-0.15, -0.1) is 0 Å². The Morgan fingerprint density at radius 1 is 1.39 bits per heavy atom. The fraction of sp³-hybridized carbons (Fsp3) is 0.400. The summed E-state index contributed by atoms with van der Waals surface area (Å²) in [5.41, 5.74) is 3.90. The summed E-state index contributed by atoms with van der Waals surface area (Å²) in [6.45, 7) is 3.27. The molecule has 1 heterocycles. The fourth-order valence-electron chi connectivity index (χ4n) is 2.12. The van der Waals surface area contributed by atoms with Gasteiger partial charge in [-0.3, -0.25) is 5.43 Å². The van der Waals surface area contributed by atoms with Crippen LogP contribution in [0, 0.1) is 5.82 Å². The third-order valence-corrected chi connectivity index (χ3v) is 3.50. The zero-order chi connectivity index (χ0) is 16.7. The summed E-state index contributed by atoms with van der Waals surface area (Å²) < 4.78 is 18.4. The Hall–Kier alpha value is -2.22. The molecule has 1 aromatic rings. The van der Waals surface area contributed by atoms with E-state index in [9.17, 15) is 9.18 Å². The summed E-state index contributed by atoms with van der Waals surface area (Å²) in [5.74, 6) is -0.382. The molecule has 1 saturated heterocycles. The predicted molar refractivity (Wildman–Crippen MR) is 91.0 cm³/mol. The fourth-order valence-corrected chi connectivity index (χ4v) is 2.27. The van der Waals surface area contributed by atoms with Gasteiger partial charge in [0.25, 0.3) is 0 Å². The Labute approximate surface area is 139 Å². The maximum absolute atomic E-state index is 13.5. The number of hydrogen-bond acceptors (Lipinski definition) is 4. The highest BCUT2D eigenvalue weighted by Gasteiger charge is 2.20. The molecule has 2 N–H and O–H groups in total. The number of benzene rings is 1. The molecule has 124 valence electrons. The van der Waals surface area contributed by atoms with Gasteiger partial charge in [-0.2, -0.15) is 5.10 Å². The van der Waals surface area contributed by atoms with Crippen LogP contribution in [0.15, 0.2) is 29.4 Å². The molecule has 0 bridgehead atoms. The van der Waals surface area contributed by atoms with E-state index in [2.05, 4.69) is 15.8 Å². The van der Waals surface area contributed by atoms with Crippen molar-refractivity contribution in [2.24, 2.45) is 5.10 Å². The van der Waals surface area contributed by atoms with E-state index in [0.29, 0.717) is 38.2 Å². The number of hydrazone groups is 1. The number of thiocarbonyl (C=S) groups is 1. The molecule has 0 aliphatic carbocycles. The van der Waals surface area contributed by atoms with Crippen LogP contribution >= 0.6 is 12.2 Å². The van der Waals surface area contributed by atoms with Crippen molar-refractivity contribution in [3.05, 3.63) is 30.1 Å². The molecule has 1 amide bonds. The van der Waals surface area contributed by atoms with Gasteiger partial charge in [-0.05, 0) is 31.3 Å². The van der Waals surface area contributed by atoms with E-state index in [4.69, 9.17) is 17.0 Å². The van der Waals surface area contributed by atoms with Crippen molar-refractivity contribution >= 4 is 34.8 Å². The lowest BCUT2D eigenvalue weighted by Gasteiger charge is -2.26. The Bertz CT molecular complexity index is 599. The molecule has 8 heteroatoms. The Kier molecular flexibility index (Phi) is 6.28. The van der Waals surface area contributed by atoms with E-state index >= 15 is 0 Å². The molecule has 2 rings (SSSR count). The van der Waals surface area contributed by atoms with Gasteiger partial charge in [-0.1, -0.05) is 12.1 Å². The molecule has 0 saturated carbocycles. The summed E-state index contributed by atoms with van der Waals surface area (Å²) in [5, 5.41) is 7.18. The van der Waals surface area contributed by atoms with Crippen LogP contribution in [0.1, 0.15) is 19.8 Å². The van der Waals surface area contributed by atoms with Crippen molar-refractivity contribution in [2.75, 3.05) is 25.0 Å². The lowest BCUT2D eigenvalue weighted by molar-refractivity contribution is 0.107. The molecule has 6 nitrogen and oxygen atoms in total. The number of ether oxygens (including phenoxy) is 1. The van der Waals surface area contributed by atoms with E-state index in [0.717, 1.165) is 5.71 Å². The molecular formula is C15H19FN4O2S. The van der Waals surface area contributed by atoms with Gasteiger partial charge < -0.3 is 15.0 Å². The largest absolute Gasteiger partial charge is 0.450 e. The zero-order valence-corrected chi connectivity index (χ0v) is 13.7. The van der Waals surface area contributed by atoms with Crippen molar-refractivity contribution in [2.45, 2.75) is 19.8 Å². The molecule has 1 aromatic carbocycles. The minimum atomic E-state index is -0.382. The number of carbonyl (C=O) groups excluding carboxylic acids is 1. The zero-order valence-electron chi connectivity index (χ0n) is 12.8. The molecule has 0 unspecified atom stereocenters. The van der Waals surface area contributed by atoms with Gasteiger partial charge in [0.05, 0.1) is 12.3 Å². The normalized spacial score (nSPS) is 14.2. The van der Waals surface area contributed by atoms with E-state index in [1.54, 1.807) is 30.0 Å². The summed E-state index contributed by atoms with van der Waals surface area (Å²) in [6.07, 6.45) is 0.999. The maximum atomic E-state index is 13.5. The third-order valence-electron chi connectivity index (χ3n) is 3.30. The quantitative estimate of drug-likeness (QED) is 0.655. The summed E-state index contributed by atoms with van der Waals surface area (Å²) in [7, 11) is 0. The second-order valence-corrected chi connectivity index (χ2v) is 5.32. The highest BCUT2D eigenvalue weighted by molar-refractivity contribution is 7.80. The standard InChI is InChI=1S/C15H19FN4O2S/c1-2-22-15(21)20-9-7-11(8-10-20)18-19-14(23)17-13-6-4-3-5-12(13)16/h3-6H,2,7-10H2,1H3,(H2,17,19,23). The van der Waals surface area contributed by atoms with Crippen LogP contribution in [0.25, 0.3) is 0 Å². The first-order valence-corrected chi connectivity index (χ1v) is 7.79. The lowest BCUT2D eigenvalue weighted by Crippen LogP contribution is -2.39. The summed E-state index contributed by atoms with van der Waals surface area (Å²) in [4.78, 5) is 13.2. The van der Waals surface area contributed by atoms with Crippen LogP contribution in [0.4, 0.5) is 14.9 Å². The molecule has 1 aliphatic heterocycles.